The number of nitrogens with zero attached hydrogens (tertiary/aromatic N) is 5. The molecule has 1 saturated carbocycles. The van der Waals surface area contributed by atoms with Gasteiger partial charge in [-0.05, 0) is 69.7 Å². The van der Waals surface area contributed by atoms with Gasteiger partial charge in [-0.15, -0.1) is 6.42 Å². The normalized spacial score (nSPS) is 26.6. The minimum atomic E-state index is -1.24. The summed E-state index contributed by atoms with van der Waals surface area (Å²) in [5, 5.41) is 22.7. The third-order valence-corrected chi connectivity index (χ3v) is 12.0. The summed E-state index contributed by atoms with van der Waals surface area (Å²) in [6.45, 7) is 8.80. The van der Waals surface area contributed by atoms with Crippen molar-refractivity contribution in [3.63, 3.8) is 0 Å². The smallest absolute Gasteiger partial charge is 0.319 e. The monoisotopic (exact) mass is 729 g/mol. The molecule has 1 aliphatic carbocycles. The van der Waals surface area contributed by atoms with E-state index in [1.165, 1.54) is 31.4 Å². The Labute approximate surface area is 307 Å². The van der Waals surface area contributed by atoms with Crippen LogP contribution >= 0.6 is 0 Å². The van der Waals surface area contributed by atoms with Gasteiger partial charge in [0, 0.05) is 40.9 Å². The fourth-order valence-corrected chi connectivity index (χ4v) is 9.20. The minimum absolute atomic E-state index is 0.0113. The van der Waals surface area contributed by atoms with Crippen molar-refractivity contribution in [3.05, 3.63) is 41.5 Å². The maximum absolute atomic E-state index is 17.3. The number of rotatable bonds is 8. The number of aromatic nitrogens is 3. The minimum Gasteiger partial charge on any atom is -0.508 e. The predicted octanol–water partition coefficient (Wildman–Crippen LogP) is 5.46. The number of likely N-dealkylation sites (tertiary alicyclic amines) is 1. The van der Waals surface area contributed by atoms with Crippen LogP contribution in [0.3, 0.4) is 0 Å². The number of aliphatic hydroxyl groups is 1. The van der Waals surface area contributed by atoms with Crippen LogP contribution in [0.4, 0.5) is 14.6 Å². The van der Waals surface area contributed by atoms with Gasteiger partial charge in [0.2, 0.25) is 5.88 Å². The molecular formula is C40H45F2N5O6. The first-order valence-corrected chi connectivity index (χ1v) is 18.3. The van der Waals surface area contributed by atoms with Gasteiger partial charge in [-0.3, -0.25) is 4.90 Å². The van der Waals surface area contributed by atoms with E-state index >= 15 is 8.78 Å². The number of phenols is 1. The molecule has 280 valence electrons. The zero-order valence-electron chi connectivity index (χ0n) is 30.4. The molecular weight excluding hydrogens is 684 g/mol. The number of methoxy groups -OCH3 is 1. The summed E-state index contributed by atoms with van der Waals surface area (Å²) in [7, 11) is 1.40. The van der Waals surface area contributed by atoms with Gasteiger partial charge in [-0.2, -0.15) is 9.97 Å². The van der Waals surface area contributed by atoms with E-state index in [1.807, 2.05) is 4.90 Å². The van der Waals surface area contributed by atoms with Crippen LogP contribution in [-0.4, -0.2) is 108 Å². The average Bonchev–Trinajstić information content (AvgIpc) is 3.36. The van der Waals surface area contributed by atoms with Gasteiger partial charge in [0.1, 0.15) is 39.6 Å². The first-order valence-electron chi connectivity index (χ1n) is 18.3. The van der Waals surface area contributed by atoms with Crippen molar-refractivity contribution in [2.24, 2.45) is 11.3 Å². The predicted molar refractivity (Wildman–Crippen MR) is 195 cm³/mol. The van der Waals surface area contributed by atoms with Gasteiger partial charge in [-0.1, -0.05) is 18.4 Å². The van der Waals surface area contributed by atoms with Crippen molar-refractivity contribution in [1.82, 2.24) is 19.9 Å². The number of pyridine rings is 1. The fraction of sp³-hybridized carbons (Fsp3) is 0.525. The highest BCUT2D eigenvalue weighted by atomic mass is 19.1. The van der Waals surface area contributed by atoms with Crippen LogP contribution in [0.15, 0.2) is 24.3 Å². The van der Waals surface area contributed by atoms with Crippen LogP contribution in [0.25, 0.3) is 32.9 Å². The Morgan fingerprint density at radius 2 is 1.85 bits per heavy atom. The molecule has 8 rings (SSSR count). The lowest BCUT2D eigenvalue weighted by Gasteiger charge is -2.55. The van der Waals surface area contributed by atoms with E-state index in [2.05, 4.69) is 22.7 Å². The van der Waals surface area contributed by atoms with Gasteiger partial charge in [0.25, 0.3) is 0 Å². The van der Waals surface area contributed by atoms with Gasteiger partial charge in [-0.25, -0.2) is 13.8 Å². The van der Waals surface area contributed by atoms with Gasteiger partial charge < -0.3 is 34.1 Å². The largest absolute Gasteiger partial charge is 0.508 e. The summed E-state index contributed by atoms with van der Waals surface area (Å²) >= 11 is 0. The second-order valence-electron chi connectivity index (χ2n) is 15.6. The van der Waals surface area contributed by atoms with Gasteiger partial charge in [0.15, 0.2) is 5.82 Å². The molecule has 13 heteroatoms. The van der Waals surface area contributed by atoms with Crippen molar-refractivity contribution >= 4 is 27.5 Å². The number of hydrogen-bond acceptors (Lipinski definition) is 11. The number of β-amino-alcohol motifs (C(OH)–C–C–N with tert-alkyl or cyclic N) is 1. The Morgan fingerprint density at radius 3 is 2.60 bits per heavy atom. The Balaban J connectivity index is 1.28. The van der Waals surface area contributed by atoms with E-state index in [1.54, 1.807) is 6.92 Å². The number of anilines is 1. The van der Waals surface area contributed by atoms with Crippen LogP contribution < -0.4 is 14.4 Å². The second kappa shape index (κ2) is 13.5. The third-order valence-electron chi connectivity index (χ3n) is 12.0. The van der Waals surface area contributed by atoms with Crippen molar-refractivity contribution < 1.29 is 37.9 Å². The number of phenolic OH excluding ortho intramolecular Hbond substituents is 1. The molecule has 4 fully saturated rings. The number of ether oxygens (including phenoxy) is 4. The van der Waals surface area contributed by atoms with E-state index in [0.717, 1.165) is 58.4 Å². The highest BCUT2D eigenvalue weighted by molar-refractivity contribution is 6.04. The molecule has 11 nitrogen and oxygen atoms in total. The molecule has 4 aliphatic rings. The number of terminal acetylenes is 1. The summed E-state index contributed by atoms with van der Waals surface area (Å²) in [4.78, 5) is 18.6. The third kappa shape index (κ3) is 6.09. The molecule has 2 N–H and O–H groups in total. The molecule has 2 aromatic carbocycles. The van der Waals surface area contributed by atoms with Crippen LogP contribution in [0.1, 0.15) is 51.5 Å². The zero-order valence-corrected chi connectivity index (χ0v) is 30.4. The Bertz CT molecular complexity index is 2120. The highest BCUT2D eigenvalue weighted by Crippen LogP contribution is 2.55. The highest BCUT2D eigenvalue weighted by Gasteiger charge is 2.57. The van der Waals surface area contributed by atoms with E-state index in [-0.39, 0.29) is 87.3 Å². The summed E-state index contributed by atoms with van der Waals surface area (Å²) in [5.74, 6) is 1.45. The SMILES string of the molecule is C#Cc1c(F)ccc2cc(O)cc(-c3nc(OC)c4c(N5CCOC[C@@](C)(O)C5)nc(OC[C@@]56CCCN(CC7COC7)[C@]5(C)CCC6)nc4c3F)c12. The lowest BCUT2D eigenvalue weighted by molar-refractivity contribution is -0.106. The topological polar surface area (TPSA) is 123 Å². The molecule has 0 radical (unpaired) electrons. The van der Waals surface area contributed by atoms with E-state index in [4.69, 9.17) is 35.3 Å². The molecule has 0 bridgehead atoms. The molecule has 3 aliphatic heterocycles. The second-order valence-corrected chi connectivity index (χ2v) is 15.6. The number of fused-ring (bicyclic) bond motifs is 3. The number of hydrogen-bond donors (Lipinski definition) is 2. The average molecular weight is 730 g/mol. The first-order chi connectivity index (χ1) is 25.5. The van der Waals surface area contributed by atoms with Crippen LogP contribution in [0, 0.1) is 35.3 Å². The maximum atomic E-state index is 17.3. The summed E-state index contributed by atoms with van der Waals surface area (Å²) in [6, 6.07) is 5.37. The number of aromatic hydroxyl groups is 1. The van der Waals surface area contributed by atoms with Crippen LogP contribution in [-0.2, 0) is 9.47 Å². The molecule has 0 spiro atoms. The number of piperidine rings is 1. The van der Waals surface area contributed by atoms with Crippen molar-refractivity contribution in [1.29, 1.82) is 0 Å². The molecule has 4 aromatic rings. The van der Waals surface area contributed by atoms with Crippen molar-refractivity contribution in [2.45, 2.75) is 57.1 Å². The zero-order chi connectivity index (χ0) is 37.1. The quantitative estimate of drug-likeness (QED) is 0.225. The lowest BCUT2D eigenvalue weighted by atomic mass is 9.66. The Kier molecular flexibility index (Phi) is 9.08. The summed E-state index contributed by atoms with van der Waals surface area (Å²) < 4.78 is 56.0. The Hall–Kier alpha value is -4.35. The molecule has 3 atom stereocenters. The van der Waals surface area contributed by atoms with E-state index < -0.39 is 17.2 Å². The summed E-state index contributed by atoms with van der Waals surface area (Å²) in [6.07, 6.45) is 10.9. The molecule has 2 aromatic heterocycles. The lowest BCUT2D eigenvalue weighted by Crippen LogP contribution is -2.62. The molecule has 5 heterocycles. The van der Waals surface area contributed by atoms with Crippen LogP contribution in [0.2, 0.25) is 0 Å². The Morgan fingerprint density at radius 1 is 1.04 bits per heavy atom. The molecule has 3 saturated heterocycles. The van der Waals surface area contributed by atoms with E-state index in [9.17, 15) is 10.2 Å². The molecule has 0 amide bonds. The first kappa shape index (κ1) is 35.7. The van der Waals surface area contributed by atoms with Crippen molar-refractivity contribution in [2.75, 3.05) is 71.2 Å². The maximum Gasteiger partial charge on any atom is 0.319 e. The van der Waals surface area contributed by atoms with Gasteiger partial charge in [0.05, 0.1) is 52.3 Å². The molecule has 53 heavy (non-hydrogen) atoms. The van der Waals surface area contributed by atoms with E-state index in [0.29, 0.717) is 24.5 Å². The fourth-order valence-electron chi connectivity index (χ4n) is 9.20. The summed E-state index contributed by atoms with van der Waals surface area (Å²) in [5.41, 5.74) is -1.91. The van der Waals surface area contributed by atoms with Gasteiger partial charge >= 0.3 is 6.01 Å². The molecule has 0 unspecified atom stereocenters. The number of halogens is 2. The number of benzene rings is 2. The standard InChI is InChI=1S/C40H45F2N5O6/c1-5-27-29(41)9-8-25-16-26(48)17-28(30(25)27)33-32(42)34-31(36(43-33)50-4)35(46-14-15-51-22-38(2,49)21-46)45-37(44-34)53-23-40-11-6-10-39(40,3)47(13-7-12-40)18-24-19-52-20-24/h1,8-9,16-17,24,48-49H,6-7,10-15,18-23H2,2-4H3/t38-,39+,40+/m0/s1. The van der Waals surface area contributed by atoms with Crippen molar-refractivity contribution in [3.8, 4) is 41.2 Å². The van der Waals surface area contributed by atoms with Crippen LogP contribution in [0.5, 0.6) is 17.6 Å².